The highest BCUT2D eigenvalue weighted by atomic mass is 32.2. The Hall–Kier alpha value is -2.25. The van der Waals surface area contributed by atoms with Crippen molar-refractivity contribution >= 4 is 21.6 Å². The third-order valence-electron chi connectivity index (χ3n) is 4.79. The fraction of sp³-hybridized carbons (Fsp3) is 0.350. The van der Waals surface area contributed by atoms with Gasteiger partial charge in [0.1, 0.15) is 11.9 Å². The van der Waals surface area contributed by atoms with Gasteiger partial charge < -0.3 is 5.32 Å². The summed E-state index contributed by atoms with van der Waals surface area (Å²) >= 11 is 0. The number of carbonyl (C=O) groups is 1. The van der Waals surface area contributed by atoms with Crippen LogP contribution >= 0.6 is 0 Å². The van der Waals surface area contributed by atoms with Gasteiger partial charge in [0.25, 0.3) is 0 Å². The van der Waals surface area contributed by atoms with E-state index in [-0.39, 0.29) is 4.90 Å². The second-order valence-electron chi connectivity index (χ2n) is 7.00. The van der Waals surface area contributed by atoms with Crippen molar-refractivity contribution in [3.8, 4) is 0 Å². The number of hydrogen-bond acceptors (Lipinski definition) is 3. The molecule has 1 N–H and O–H groups in total. The van der Waals surface area contributed by atoms with Crippen LogP contribution in [0, 0.1) is 26.6 Å². The van der Waals surface area contributed by atoms with Crippen molar-refractivity contribution in [3.63, 3.8) is 0 Å². The lowest BCUT2D eigenvalue weighted by Gasteiger charge is -2.25. The number of aryl methyl sites for hydroxylation is 3. The normalized spacial score (nSPS) is 17.9. The van der Waals surface area contributed by atoms with E-state index in [1.807, 2.05) is 19.1 Å². The van der Waals surface area contributed by atoms with E-state index in [4.69, 9.17) is 0 Å². The first kappa shape index (κ1) is 19.5. The molecule has 1 fully saturated rings. The van der Waals surface area contributed by atoms with Crippen LogP contribution in [0.4, 0.5) is 10.1 Å². The third-order valence-corrected chi connectivity index (χ3v) is 7.00. The number of rotatable bonds is 4. The van der Waals surface area contributed by atoms with Crippen molar-refractivity contribution in [2.75, 3.05) is 11.9 Å². The molecule has 1 amide bonds. The third kappa shape index (κ3) is 3.89. The van der Waals surface area contributed by atoms with Gasteiger partial charge in [0.15, 0.2) is 0 Å². The van der Waals surface area contributed by atoms with Crippen LogP contribution in [0.3, 0.4) is 0 Å². The largest absolute Gasteiger partial charge is 0.325 e. The molecule has 27 heavy (non-hydrogen) atoms. The molecule has 1 atom stereocenters. The van der Waals surface area contributed by atoms with Gasteiger partial charge in [-0.1, -0.05) is 17.7 Å². The molecular weight excluding hydrogens is 367 g/mol. The fourth-order valence-electron chi connectivity index (χ4n) is 3.74. The summed E-state index contributed by atoms with van der Waals surface area (Å²) < 4.78 is 40.9. The first-order chi connectivity index (χ1) is 12.7. The molecular formula is C20H23FN2O3S. The van der Waals surface area contributed by atoms with Gasteiger partial charge in [0.2, 0.25) is 15.9 Å². The molecule has 0 saturated carbocycles. The molecule has 7 heteroatoms. The van der Waals surface area contributed by atoms with Crippen LogP contribution in [-0.4, -0.2) is 31.2 Å². The van der Waals surface area contributed by atoms with E-state index < -0.39 is 27.8 Å². The summed E-state index contributed by atoms with van der Waals surface area (Å²) in [7, 11) is -3.80. The van der Waals surface area contributed by atoms with Crippen LogP contribution in [0.15, 0.2) is 41.3 Å². The first-order valence-corrected chi connectivity index (χ1v) is 10.3. The van der Waals surface area contributed by atoms with Gasteiger partial charge in [-0.05, 0) is 69.0 Å². The summed E-state index contributed by atoms with van der Waals surface area (Å²) in [6, 6.07) is 8.30. The molecule has 2 aromatic rings. The summed E-state index contributed by atoms with van der Waals surface area (Å²) in [6.45, 7) is 5.77. The standard InChI is InChI=1S/C20H23FN2O3S/c1-13-11-14(2)19(15(3)12-13)27(25,26)23-10-4-5-18(23)20(24)22-17-8-6-16(21)7-9-17/h6-9,11-12,18H,4-5,10H2,1-3H3,(H,22,24). The highest BCUT2D eigenvalue weighted by molar-refractivity contribution is 7.89. The molecule has 144 valence electrons. The van der Waals surface area contributed by atoms with Crippen molar-refractivity contribution in [1.29, 1.82) is 0 Å². The Labute approximate surface area is 159 Å². The molecule has 5 nitrogen and oxygen atoms in total. The van der Waals surface area contributed by atoms with Gasteiger partial charge >= 0.3 is 0 Å². The minimum Gasteiger partial charge on any atom is -0.325 e. The number of hydrogen-bond donors (Lipinski definition) is 1. The molecule has 0 aliphatic carbocycles. The lowest BCUT2D eigenvalue weighted by molar-refractivity contribution is -0.119. The van der Waals surface area contributed by atoms with Crippen molar-refractivity contribution in [1.82, 2.24) is 4.31 Å². The van der Waals surface area contributed by atoms with Gasteiger partial charge in [0.05, 0.1) is 4.90 Å². The molecule has 3 rings (SSSR count). The second-order valence-corrected chi connectivity index (χ2v) is 8.83. The van der Waals surface area contributed by atoms with Crippen LogP contribution in [-0.2, 0) is 14.8 Å². The monoisotopic (exact) mass is 390 g/mol. The van der Waals surface area contributed by atoms with Gasteiger partial charge in [-0.15, -0.1) is 0 Å². The maximum absolute atomic E-state index is 13.3. The number of anilines is 1. The summed E-state index contributed by atoms with van der Waals surface area (Å²) in [5.74, 6) is -0.798. The SMILES string of the molecule is Cc1cc(C)c(S(=O)(=O)N2CCCC2C(=O)Nc2ccc(F)cc2)c(C)c1. The zero-order valence-electron chi connectivity index (χ0n) is 15.6. The molecule has 1 unspecified atom stereocenters. The van der Waals surface area contributed by atoms with Gasteiger partial charge in [-0.25, -0.2) is 12.8 Å². The Bertz CT molecular complexity index is 948. The van der Waals surface area contributed by atoms with Crippen LogP contribution in [0.25, 0.3) is 0 Å². The Morgan fingerprint density at radius 1 is 1.11 bits per heavy atom. The van der Waals surface area contributed by atoms with Crippen LogP contribution in [0.5, 0.6) is 0 Å². The van der Waals surface area contributed by atoms with E-state index in [1.54, 1.807) is 13.8 Å². The highest BCUT2D eigenvalue weighted by Crippen LogP contribution is 2.31. The first-order valence-electron chi connectivity index (χ1n) is 8.86. The maximum atomic E-state index is 13.3. The van der Waals surface area contributed by atoms with Crippen molar-refractivity contribution in [2.24, 2.45) is 0 Å². The highest BCUT2D eigenvalue weighted by Gasteiger charge is 2.40. The van der Waals surface area contributed by atoms with Crippen LogP contribution < -0.4 is 5.32 Å². The molecule has 0 aromatic heterocycles. The Morgan fingerprint density at radius 3 is 2.30 bits per heavy atom. The van der Waals surface area contributed by atoms with Gasteiger partial charge in [-0.2, -0.15) is 4.31 Å². The number of benzene rings is 2. The maximum Gasteiger partial charge on any atom is 0.244 e. The number of nitrogens with zero attached hydrogens (tertiary/aromatic N) is 1. The van der Waals surface area contributed by atoms with E-state index in [9.17, 15) is 17.6 Å². The Morgan fingerprint density at radius 2 is 1.70 bits per heavy atom. The Kier molecular flexibility index (Phi) is 5.35. The van der Waals surface area contributed by atoms with Crippen LogP contribution in [0.1, 0.15) is 29.5 Å². The second kappa shape index (κ2) is 7.40. The van der Waals surface area contributed by atoms with Crippen molar-refractivity contribution in [2.45, 2.75) is 44.6 Å². The fourth-order valence-corrected chi connectivity index (χ4v) is 5.81. The smallest absolute Gasteiger partial charge is 0.244 e. The molecule has 1 heterocycles. The van der Waals surface area contributed by atoms with Crippen molar-refractivity contribution in [3.05, 3.63) is 58.9 Å². The topological polar surface area (TPSA) is 66.5 Å². The van der Waals surface area contributed by atoms with Crippen molar-refractivity contribution < 1.29 is 17.6 Å². The average molecular weight is 390 g/mol. The van der Waals surface area contributed by atoms with Gasteiger partial charge in [0, 0.05) is 12.2 Å². The predicted molar refractivity (Wildman–Crippen MR) is 103 cm³/mol. The summed E-state index contributed by atoms with van der Waals surface area (Å²) in [4.78, 5) is 13.0. The van der Waals surface area contributed by atoms with E-state index >= 15 is 0 Å². The summed E-state index contributed by atoms with van der Waals surface area (Å²) in [5.41, 5.74) is 2.79. The lowest BCUT2D eigenvalue weighted by Crippen LogP contribution is -2.43. The van der Waals surface area contributed by atoms with Gasteiger partial charge in [-0.3, -0.25) is 4.79 Å². The summed E-state index contributed by atoms with van der Waals surface area (Å²) in [6.07, 6.45) is 1.07. The average Bonchev–Trinajstić information content (AvgIpc) is 3.06. The van der Waals surface area contributed by atoms with E-state index in [1.165, 1.54) is 28.6 Å². The number of sulfonamides is 1. The number of amides is 1. The molecule has 0 radical (unpaired) electrons. The molecule has 1 aliphatic heterocycles. The minimum absolute atomic E-state index is 0.273. The number of halogens is 1. The van der Waals surface area contributed by atoms with E-state index in [0.29, 0.717) is 36.2 Å². The zero-order valence-corrected chi connectivity index (χ0v) is 16.4. The Balaban J connectivity index is 1.89. The van der Waals surface area contributed by atoms with E-state index in [0.717, 1.165) is 5.56 Å². The van der Waals surface area contributed by atoms with E-state index in [2.05, 4.69) is 5.32 Å². The molecule has 1 saturated heterocycles. The molecule has 0 spiro atoms. The minimum atomic E-state index is -3.80. The number of nitrogens with one attached hydrogen (secondary N) is 1. The quantitative estimate of drug-likeness (QED) is 0.868. The number of carbonyl (C=O) groups excluding carboxylic acids is 1. The molecule has 2 aromatic carbocycles. The molecule has 1 aliphatic rings. The zero-order chi connectivity index (χ0) is 19.8. The summed E-state index contributed by atoms with van der Waals surface area (Å²) in [5, 5.41) is 2.69. The van der Waals surface area contributed by atoms with Crippen LogP contribution in [0.2, 0.25) is 0 Å². The molecule has 0 bridgehead atoms. The lowest BCUT2D eigenvalue weighted by atomic mass is 10.1. The predicted octanol–water partition coefficient (Wildman–Crippen LogP) is 3.54.